The van der Waals surface area contributed by atoms with Gasteiger partial charge in [0.2, 0.25) is 0 Å². The first-order valence-electron chi connectivity index (χ1n) is 7.86. The van der Waals surface area contributed by atoms with Crippen LogP contribution in [-0.2, 0) is 30.3 Å². The molecule has 1 amide bonds. The van der Waals surface area contributed by atoms with Gasteiger partial charge >= 0.3 is 11.9 Å². The number of benzene rings is 1. The molecule has 0 heterocycles. The standard InChI is InChI=1S/C18H23NO5/c1-4-14-6-8-15(9-7-14)13(3)19-16(20)12-24-18(22)11-10-17(21)23-5-2/h6-11,13H,4-5,12H2,1-3H3,(H,19,20)/b11-10+/t13-/m0/s1. The Bertz CT molecular complexity index is 592. The van der Waals surface area contributed by atoms with Gasteiger partial charge in [-0.2, -0.15) is 0 Å². The molecule has 1 aromatic rings. The van der Waals surface area contributed by atoms with Crippen LogP contribution in [-0.4, -0.2) is 31.1 Å². The van der Waals surface area contributed by atoms with Crippen LogP contribution in [0.1, 0.15) is 37.9 Å². The van der Waals surface area contributed by atoms with E-state index in [1.54, 1.807) is 6.92 Å². The lowest BCUT2D eigenvalue weighted by molar-refractivity contribution is -0.144. The molecule has 0 saturated carbocycles. The first-order chi connectivity index (χ1) is 11.5. The van der Waals surface area contributed by atoms with Crippen molar-refractivity contribution in [3.63, 3.8) is 0 Å². The molecule has 0 aliphatic carbocycles. The Kier molecular flexibility index (Phi) is 8.25. The number of carbonyl (C=O) groups is 3. The smallest absolute Gasteiger partial charge is 0.331 e. The van der Waals surface area contributed by atoms with Gasteiger partial charge < -0.3 is 14.8 Å². The average molecular weight is 333 g/mol. The summed E-state index contributed by atoms with van der Waals surface area (Å²) in [6.45, 7) is 5.39. The fourth-order valence-electron chi connectivity index (χ4n) is 1.92. The normalized spacial score (nSPS) is 11.8. The molecule has 0 aliphatic heterocycles. The second-order valence-electron chi connectivity index (χ2n) is 5.08. The Labute approximate surface area is 141 Å². The Balaban J connectivity index is 2.39. The fraction of sp³-hybridized carbons (Fsp3) is 0.389. The Morgan fingerprint density at radius 1 is 1.04 bits per heavy atom. The molecule has 0 aromatic heterocycles. The van der Waals surface area contributed by atoms with Gasteiger partial charge in [-0.15, -0.1) is 0 Å². The van der Waals surface area contributed by atoms with Crippen LogP contribution in [0.5, 0.6) is 0 Å². The van der Waals surface area contributed by atoms with Crippen LogP contribution in [0.25, 0.3) is 0 Å². The minimum absolute atomic E-state index is 0.197. The van der Waals surface area contributed by atoms with E-state index in [0.717, 1.165) is 24.1 Å². The van der Waals surface area contributed by atoms with Crippen molar-refractivity contribution in [3.05, 3.63) is 47.5 Å². The molecule has 24 heavy (non-hydrogen) atoms. The minimum atomic E-state index is -0.779. The van der Waals surface area contributed by atoms with Gasteiger partial charge in [0, 0.05) is 12.2 Å². The van der Waals surface area contributed by atoms with E-state index in [4.69, 9.17) is 4.74 Å². The lowest BCUT2D eigenvalue weighted by Gasteiger charge is -2.14. The lowest BCUT2D eigenvalue weighted by Crippen LogP contribution is -2.30. The highest BCUT2D eigenvalue weighted by Gasteiger charge is 2.11. The number of nitrogens with one attached hydrogen (secondary N) is 1. The summed E-state index contributed by atoms with van der Waals surface area (Å²) >= 11 is 0. The molecule has 6 nitrogen and oxygen atoms in total. The summed E-state index contributed by atoms with van der Waals surface area (Å²) in [4.78, 5) is 34.2. The van der Waals surface area contributed by atoms with E-state index in [9.17, 15) is 14.4 Å². The van der Waals surface area contributed by atoms with Crippen molar-refractivity contribution in [2.75, 3.05) is 13.2 Å². The maximum absolute atomic E-state index is 11.8. The van der Waals surface area contributed by atoms with Gasteiger partial charge in [0.1, 0.15) is 0 Å². The quantitative estimate of drug-likeness (QED) is 0.582. The van der Waals surface area contributed by atoms with E-state index >= 15 is 0 Å². The Hall–Kier alpha value is -2.63. The van der Waals surface area contributed by atoms with Gasteiger partial charge in [-0.05, 0) is 31.4 Å². The zero-order chi connectivity index (χ0) is 17.9. The van der Waals surface area contributed by atoms with Crippen molar-refractivity contribution in [1.29, 1.82) is 0 Å². The van der Waals surface area contributed by atoms with Crippen molar-refractivity contribution in [2.24, 2.45) is 0 Å². The molecule has 0 fully saturated rings. The van der Waals surface area contributed by atoms with Crippen molar-refractivity contribution in [2.45, 2.75) is 33.2 Å². The summed E-state index contributed by atoms with van der Waals surface area (Å²) in [7, 11) is 0. The maximum atomic E-state index is 11.8. The number of carbonyl (C=O) groups excluding carboxylic acids is 3. The van der Waals surface area contributed by atoms with Crippen LogP contribution in [0, 0.1) is 0 Å². The van der Waals surface area contributed by atoms with Gasteiger partial charge in [-0.25, -0.2) is 9.59 Å². The molecule has 130 valence electrons. The molecule has 0 saturated heterocycles. The van der Waals surface area contributed by atoms with E-state index in [-0.39, 0.29) is 12.6 Å². The molecule has 1 atom stereocenters. The van der Waals surface area contributed by atoms with Crippen molar-refractivity contribution in [3.8, 4) is 0 Å². The summed E-state index contributed by atoms with van der Waals surface area (Å²) in [6.07, 6.45) is 2.84. The van der Waals surface area contributed by atoms with E-state index in [1.165, 1.54) is 5.56 Å². The van der Waals surface area contributed by atoms with Crippen LogP contribution >= 0.6 is 0 Å². The zero-order valence-electron chi connectivity index (χ0n) is 14.2. The van der Waals surface area contributed by atoms with Gasteiger partial charge in [-0.3, -0.25) is 4.79 Å². The van der Waals surface area contributed by atoms with Crippen LogP contribution in [0.4, 0.5) is 0 Å². The molecule has 0 bridgehead atoms. The summed E-state index contributed by atoms with van der Waals surface area (Å²) in [5.41, 5.74) is 2.19. The predicted octanol–water partition coefficient (Wildman–Crippen LogP) is 2.09. The predicted molar refractivity (Wildman–Crippen MR) is 89.1 cm³/mol. The average Bonchev–Trinajstić information content (AvgIpc) is 2.58. The van der Waals surface area contributed by atoms with Crippen molar-refractivity contribution < 1.29 is 23.9 Å². The first kappa shape index (κ1) is 19.4. The monoisotopic (exact) mass is 333 g/mol. The number of hydrogen-bond donors (Lipinski definition) is 1. The van der Waals surface area contributed by atoms with Crippen LogP contribution in [0.2, 0.25) is 0 Å². The van der Waals surface area contributed by atoms with E-state index in [1.807, 2.05) is 31.2 Å². The van der Waals surface area contributed by atoms with Gasteiger partial charge in [-0.1, -0.05) is 31.2 Å². The van der Waals surface area contributed by atoms with E-state index < -0.39 is 24.5 Å². The topological polar surface area (TPSA) is 81.7 Å². The van der Waals surface area contributed by atoms with Crippen molar-refractivity contribution >= 4 is 17.8 Å². The highest BCUT2D eigenvalue weighted by molar-refractivity contribution is 5.92. The van der Waals surface area contributed by atoms with Crippen LogP contribution < -0.4 is 5.32 Å². The molecule has 1 N–H and O–H groups in total. The molecule has 6 heteroatoms. The van der Waals surface area contributed by atoms with Crippen molar-refractivity contribution in [1.82, 2.24) is 5.32 Å². The van der Waals surface area contributed by atoms with E-state index in [0.29, 0.717) is 0 Å². The number of rotatable bonds is 8. The molecule has 0 spiro atoms. The molecule has 0 aliphatic rings. The van der Waals surface area contributed by atoms with Gasteiger partial charge in [0.05, 0.1) is 12.6 Å². The molecule has 1 aromatic carbocycles. The van der Waals surface area contributed by atoms with Crippen LogP contribution in [0.15, 0.2) is 36.4 Å². The third-order valence-corrected chi connectivity index (χ3v) is 3.25. The molecule has 0 unspecified atom stereocenters. The molecule has 1 rings (SSSR count). The highest BCUT2D eigenvalue weighted by atomic mass is 16.5. The second-order valence-corrected chi connectivity index (χ2v) is 5.08. The second kappa shape index (κ2) is 10.2. The number of amides is 1. The summed E-state index contributed by atoms with van der Waals surface area (Å²) in [5, 5.41) is 2.74. The summed E-state index contributed by atoms with van der Waals surface area (Å²) in [5.74, 6) is -1.83. The maximum Gasteiger partial charge on any atom is 0.331 e. The lowest BCUT2D eigenvalue weighted by atomic mass is 10.1. The minimum Gasteiger partial charge on any atom is -0.463 e. The summed E-state index contributed by atoms with van der Waals surface area (Å²) in [6, 6.07) is 7.74. The highest BCUT2D eigenvalue weighted by Crippen LogP contribution is 2.13. The largest absolute Gasteiger partial charge is 0.463 e. The number of hydrogen-bond acceptors (Lipinski definition) is 5. The number of ether oxygens (including phenoxy) is 2. The SMILES string of the molecule is CCOC(=O)/C=C/C(=O)OCC(=O)N[C@@H](C)c1ccc(CC)cc1. The Morgan fingerprint density at radius 2 is 1.62 bits per heavy atom. The third kappa shape index (κ3) is 7.09. The fourth-order valence-corrected chi connectivity index (χ4v) is 1.92. The molecular formula is C18H23NO5. The van der Waals surface area contributed by atoms with E-state index in [2.05, 4.69) is 17.0 Å². The summed E-state index contributed by atoms with van der Waals surface area (Å²) < 4.78 is 9.38. The third-order valence-electron chi connectivity index (χ3n) is 3.25. The van der Waals surface area contributed by atoms with Gasteiger partial charge in [0.15, 0.2) is 6.61 Å². The van der Waals surface area contributed by atoms with Gasteiger partial charge in [0.25, 0.3) is 5.91 Å². The zero-order valence-corrected chi connectivity index (χ0v) is 14.2. The first-order valence-corrected chi connectivity index (χ1v) is 7.86. The van der Waals surface area contributed by atoms with Crippen LogP contribution in [0.3, 0.4) is 0 Å². The molecule has 0 radical (unpaired) electrons. The molecular weight excluding hydrogens is 310 g/mol. The number of esters is 2. The number of aryl methyl sites for hydroxylation is 1. The Morgan fingerprint density at radius 3 is 2.17 bits per heavy atom.